The van der Waals surface area contributed by atoms with Crippen molar-refractivity contribution in [2.45, 2.75) is 37.8 Å². The highest BCUT2D eigenvalue weighted by Crippen LogP contribution is 2.32. The van der Waals surface area contributed by atoms with E-state index in [9.17, 15) is 4.79 Å². The summed E-state index contributed by atoms with van der Waals surface area (Å²) in [6.07, 6.45) is 5.78. The summed E-state index contributed by atoms with van der Waals surface area (Å²) < 4.78 is 7.56. The normalized spacial score (nSPS) is 22.4. The first-order valence-corrected chi connectivity index (χ1v) is 7.63. The van der Waals surface area contributed by atoms with E-state index in [1.54, 1.807) is 23.9 Å². The average Bonchev–Trinajstić information content (AvgIpc) is 2.47. The number of hydrogen-bond donors (Lipinski definition) is 1. The van der Waals surface area contributed by atoms with Gasteiger partial charge in [-0.2, -0.15) is 0 Å². The summed E-state index contributed by atoms with van der Waals surface area (Å²) >= 11 is 6.28. The standard InChI is InChI=1S/C16H19ClN2O2/c1-19-7-6-10-8-15(14(17)9-13(10)16(19)20)21-12-4-2-11(18)3-5-12/h6-9,11-12H,2-5,18H2,1H3/t11-,12-. The molecule has 0 bridgehead atoms. The molecule has 1 aromatic heterocycles. The highest BCUT2D eigenvalue weighted by molar-refractivity contribution is 6.32. The van der Waals surface area contributed by atoms with Crippen LogP contribution in [0.15, 0.2) is 29.2 Å². The fraction of sp³-hybridized carbons (Fsp3) is 0.438. The molecule has 5 heteroatoms. The molecular formula is C16H19ClN2O2. The van der Waals surface area contributed by atoms with Gasteiger partial charge in [0.2, 0.25) is 0 Å². The Morgan fingerprint density at radius 3 is 2.71 bits per heavy atom. The smallest absolute Gasteiger partial charge is 0.258 e. The van der Waals surface area contributed by atoms with Gasteiger partial charge in [0, 0.05) is 24.7 Å². The number of halogens is 1. The monoisotopic (exact) mass is 306 g/mol. The summed E-state index contributed by atoms with van der Waals surface area (Å²) in [6.45, 7) is 0. The maximum atomic E-state index is 12.1. The van der Waals surface area contributed by atoms with Crippen LogP contribution in [-0.4, -0.2) is 16.7 Å². The minimum Gasteiger partial charge on any atom is -0.489 e. The average molecular weight is 307 g/mol. The van der Waals surface area contributed by atoms with Gasteiger partial charge in [-0.3, -0.25) is 4.79 Å². The van der Waals surface area contributed by atoms with Crippen LogP contribution in [0.25, 0.3) is 10.8 Å². The number of ether oxygens (including phenoxy) is 1. The van der Waals surface area contributed by atoms with Crippen LogP contribution in [0.3, 0.4) is 0 Å². The summed E-state index contributed by atoms with van der Waals surface area (Å²) in [5, 5.41) is 1.95. The van der Waals surface area contributed by atoms with Crippen molar-refractivity contribution in [2.75, 3.05) is 0 Å². The van der Waals surface area contributed by atoms with Crippen LogP contribution in [0, 0.1) is 0 Å². The van der Waals surface area contributed by atoms with Gasteiger partial charge in [0.1, 0.15) is 5.75 Å². The largest absolute Gasteiger partial charge is 0.489 e. The van der Waals surface area contributed by atoms with Gasteiger partial charge in [-0.25, -0.2) is 0 Å². The molecule has 0 saturated heterocycles. The van der Waals surface area contributed by atoms with Crippen molar-refractivity contribution in [3.63, 3.8) is 0 Å². The number of pyridine rings is 1. The summed E-state index contributed by atoms with van der Waals surface area (Å²) in [7, 11) is 1.73. The Labute approximate surface area is 128 Å². The first-order valence-electron chi connectivity index (χ1n) is 7.25. The van der Waals surface area contributed by atoms with Gasteiger partial charge in [0.25, 0.3) is 5.56 Å². The topological polar surface area (TPSA) is 57.2 Å². The second kappa shape index (κ2) is 5.70. The fourth-order valence-corrected chi connectivity index (χ4v) is 3.03. The zero-order chi connectivity index (χ0) is 15.0. The third-order valence-electron chi connectivity index (χ3n) is 4.15. The third kappa shape index (κ3) is 2.92. The van der Waals surface area contributed by atoms with Gasteiger partial charge in [-0.15, -0.1) is 0 Å². The molecule has 0 atom stereocenters. The van der Waals surface area contributed by atoms with Crippen LogP contribution in [0.5, 0.6) is 5.75 Å². The van der Waals surface area contributed by atoms with E-state index in [2.05, 4.69) is 0 Å². The number of nitrogens with zero attached hydrogens (tertiary/aromatic N) is 1. The van der Waals surface area contributed by atoms with Gasteiger partial charge in [0.15, 0.2) is 0 Å². The lowest BCUT2D eigenvalue weighted by atomic mass is 9.94. The first kappa shape index (κ1) is 14.4. The molecule has 1 aliphatic carbocycles. The van der Waals surface area contributed by atoms with Crippen LogP contribution in [-0.2, 0) is 7.05 Å². The van der Waals surface area contributed by atoms with E-state index in [1.165, 1.54) is 0 Å². The van der Waals surface area contributed by atoms with Crippen LogP contribution in [0.4, 0.5) is 0 Å². The molecule has 0 amide bonds. The molecule has 4 nitrogen and oxygen atoms in total. The minimum absolute atomic E-state index is 0.0513. The lowest BCUT2D eigenvalue weighted by Crippen LogP contribution is -2.31. The van der Waals surface area contributed by atoms with Crippen molar-refractivity contribution in [3.8, 4) is 5.75 Å². The second-order valence-corrected chi connectivity index (χ2v) is 6.16. The summed E-state index contributed by atoms with van der Waals surface area (Å²) in [6, 6.07) is 5.74. The van der Waals surface area contributed by atoms with Gasteiger partial charge >= 0.3 is 0 Å². The van der Waals surface area contributed by atoms with Crippen molar-refractivity contribution in [2.24, 2.45) is 12.8 Å². The quantitative estimate of drug-likeness (QED) is 0.928. The molecule has 3 rings (SSSR count). The molecular weight excluding hydrogens is 288 g/mol. The Morgan fingerprint density at radius 2 is 2.00 bits per heavy atom. The van der Waals surface area contributed by atoms with E-state index in [0.717, 1.165) is 31.1 Å². The van der Waals surface area contributed by atoms with E-state index in [4.69, 9.17) is 22.1 Å². The van der Waals surface area contributed by atoms with Gasteiger partial charge in [-0.05, 0) is 49.3 Å². The molecule has 1 heterocycles. The predicted molar refractivity (Wildman–Crippen MR) is 85.1 cm³/mol. The number of aryl methyl sites for hydroxylation is 1. The van der Waals surface area contributed by atoms with E-state index >= 15 is 0 Å². The molecule has 112 valence electrons. The van der Waals surface area contributed by atoms with Gasteiger partial charge in [-0.1, -0.05) is 11.6 Å². The van der Waals surface area contributed by atoms with Crippen LogP contribution in [0.2, 0.25) is 5.02 Å². The summed E-state index contributed by atoms with van der Waals surface area (Å²) in [4.78, 5) is 12.1. The SMILES string of the molecule is Cn1ccc2cc(O[C@H]3CC[C@H](N)CC3)c(Cl)cc2c1=O. The molecule has 1 aromatic carbocycles. The second-order valence-electron chi connectivity index (χ2n) is 5.76. The Bertz CT molecular complexity index is 718. The molecule has 21 heavy (non-hydrogen) atoms. The third-order valence-corrected chi connectivity index (χ3v) is 4.44. The summed E-state index contributed by atoms with van der Waals surface area (Å²) in [5.74, 6) is 0.651. The van der Waals surface area contributed by atoms with E-state index in [0.29, 0.717) is 22.2 Å². The Kier molecular flexibility index (Phi) is 3.91. The number of hydrogen-bond acceptors (Lipinski definition) is 3. The molecule has 2 aromatic rings. The van der Waals surface area contributed by atoms with Gasteiger partial charge in [0.05, 0.1) is 11.1 Å². The molecule has 0 unspecified atom stereocenters. The zero-order valence-corrected chi connectivity index (χ0v) is 12.8. The van der Waals surface area contributed by atoms with Crippen molar-refractivity contribution in [1.82, 2.24) is 4.57 Å². The highest BCUT2D eigenvalue weighted by atomic mass is 35.5. The number of nitrogens with two attached hydrogens (primary N) is 1. The molecule has 0 spiro atoms. The number of aromatic nitrogens is 1. The van der Waals surface area contributed by atoms with Gasteiger partial charge < -0.3 is 15.0 Å². The van der Waals surface area contributed by atoms with E-state index in [1.807, 2.05) is 12.1 Å². The molecule has 1 saturated carbocycles. The van der Waals surface area contributed by atoms with Crippen molar-refractivity contribution >= 4 is 22.4 Å². The highest BCUT2D eigenvalue weighted by Gasteiger charge is 2.21. The van der Waals surface area contributed by atoms with E-state index < -0.39 is 0 Å². The molecule has 0 radical (unpaired) electrons. The molecule has 0 aliphatic heterocycles. The lowest BCUT2D eigenvalue weighted by molar-refractivity contribution is 0.147. The zero-order valence-electron chi connectivity index (χ0n) is 12.0. The lowest BCUT2D eigenvalue weighted by Gasteiger charge is -2.27. The number of benzene rings is 1. The Morgan fingerprint density at radius 1 is 1.29 bits per heavy atom. The maximum absolute atomic E-state index is 12.1. The van der Waals surface area contributed by atoms with Crippen LogP contribution in [0.1, 0.15) is 25.7 Å². The van der Waals surface area contributed by atoms with Crippen LogP contribution >= 0.6 is 11.6 Å². The summed E-state index contributed by atoms with van der Waals surface area (Å²) in [5.41, 5.74) is 5.86. The maximum Gasteiger partial charge on any atom is 0.258 e. The van der Waals surface area contributed by atoms with Crippen molar-refractivity contribution in [3.05, 3.63) is 39.8 Å². The predicted octanol–water partition coefficient (Wildman–Crippen LogP) is 2.84. The molecule has 2 N–H and O–H groups in total. The minimum atomic E-state index is -0.0513. The molecule has 1 fully saturated rings. The Balaban J connectivity index is 1.91. The molecule has 1 aliphatic rings. The number of fused-ring (bicyclic) bond motifs is 1. The van der Waals surface area contributed by atoms with E-state index in [-0.39, 0.29) is 11.7 Å². The number of rotatable bonds is 2. The fourth-order valence-electron chi connectivity index (χ4n) is 2.82. The Hall–Kier alpha value is -1.52. The van der Waals surface area contributed by atoms with Crippen molar-refractivity contribution < 1.29 is 4.74 Å². The first-order chi connectivity index (χ1) is 10.0. The van der Waals surface area contributed by atoms with Crippen LogP contribution < -0.4 is 16.0 Å². The van der Waals surface area contributed by atoms with Crippen molar-refractivity contribution in [1.29, 1.82) is 0 Å².